The van der Waals surface area contributed by atoms with Gasteiger partial charge in [0.2, 0.25) is 5.91 Å². The van der Waals surface area contributed by atoms with E-state index in [2.05, 4.69) is 10.6 Å². The fourth-order valence-corrected chi connectivity index (χ4v) is 2.34. The van der Waals surface area contributed by atoms with E-state index in [1.165, 1.54) is 0 Å². The number of carbonyl (C=O) groups excluding carboxylic acids is 2. The van der Waals surface area contributed by atoms with Crippen molar-refractivity contribution in [2.45, 2.75) is 44.2 Å². The van der Waals surface area contributed by atoms with Crippen LogP contribution >= 0.6 is 0 Å². The van der Waals surface area contributed by atoms with Crippen molar-refractivity contribution in [3.05, 3.63) is 0 Å². The van der Waals surface area contributed by atoms with Gasteiger partial charge in [0.15, 0.2) is 0 Å². The van der Waals surface area contributed by atoms with E-state index in [-0.39, 0.29) is 18.5 Å². The molecule has 18 heavy (non-hydrogen) atoms. The number of carbonyl (C=O) groups is 2. The van der Waals surface area contributed by atoms with Crippen molar-refractivity contribution in [1.29, 1.82) is 0 Å². The van der Waals surface area contributed by atoms with Gasteiger partial charge in [-0.15, -0.1) is 0 Å². The molecule has 1 aliphatic carbocycles. The summed E-state index contributed by atoms with van der Waals surface area (Å²) in [5.74, 6) is -0.313. The quantitative estimate of drug-likeness (QED) is 0.636. The van der Waals surface area contributed by atoms with E-state index in [4.69, 9.17) is 0 Å². The zero-order valence-corrected chi connectivity index (χ0v) is 10.7. The number of aliphatic hydroxyl groups is 1. The zero-order chi connectivity index (χ0) is 13.2. The van der Waals surface area contributed by atoms with E-state index in [0.29, 0.717) is 13.1 Å². The van der Waals surface area contributed by atoms with Crippen molar-refractivity contribution in [2.75, 3.05) is 19.6 Å². The summed E-state index contributed by atoms with van der Waals surface area (Å²) in [4.78, 5) is 24.7. The first-order valence-corrected chi connectivity index (χ1v) is 6.56. The van der Waals surface area contributed by atoms with E-state index in [0.717, 1.165) is 25.7 Å². The van der Waals surface area contributed by atoms with Gasteiger partial charge in [-0.05, 0) is 19.3 Å². The van der Waals surface area contributed by atoms with E-state index in [9.17, 15) is 14.7 Å². The monoisotopic (exact) mass is 255 g/mol. The number of urea groups is 1. The highest BCUT2D eigenvalue weighted by Crippen LogP contribution is 2.25. The maximum absolute atomic E-state index is 11.5. The molecule has 2 fully saturated rings. The van der Waals surface area contributed by atoms with Crippen molar-refractivity contribution in [1.82, 2.24) is 15.5 Å². The summed E-state index contributed by atoms with van der Waals surface area (Å²) in [5, 5.41) is 14.9. The second-order valence-corrected chi connectivity index (χ2v) is 5.42. The number of amides is 3. The molecule has 0 aromatic rings. The summed E-state index contributed by atoms with van der Waals surface area (Å²) >= 11 is 0. The van der Waals surface area contributed by atoms with Gasteiger partial charge in [0, 0.05) is 19.1 Å². The van der Waals surface area contributed by atoms with Crippen molar-refractivity contribution in [2.24, 2.45) is 0 Å². The Morgan fingerprint density at radius 2 is 2.06 bits per heavy atom. The molecule has 1 saturated carbocycles. The molecule has 0 aromatic heterocycles. The maximum atomic E-state index is 11.5. The Balaban J connectivity index is 1.62. The molecular formula is C12H21N3O3. The molecular weight excluding hydrogens is 234 g/mol. The molecule has 102 valence electrons. The van der Waals surface area contributed by atoms with Gasteiger partial charge in [-0.25, -0.2) is 4.79 Å². The molecule has 6 nitrogen and oxygen atoms in total. The summed E-state index contributed by atoms with van der Waals surface area (Å²) in [7, 11) is 0. The predicted octanol–water partition coefficient (Wildman–Crippen LogP) is -0.179. The van der Waals surface area contributed by atoms with Crippen LogP contribution in [-0.2, 0) is 4.79 Å². The summed E-state index contributed by atoms with van der Waals surface area (Å²) in [6.07, 6.45) is 3.68. The minimum absolute atomic E-state index is 0.171. The van der Waals surface area contributed by atoms with Crippen LogP contribution in [0.5, 0.6) is 0 Å². The van der Waals surface area contributed by atoms with Crippen LogP contribution in [-0.4, -0.2) is 53.2 Å². The smallest absolute Gasteiger partial charge is 0.321 e. The molecule has 2 aliphatic rings. The predicted molar refractivity (Wildman–Crippen MR) is 66.0 cm³/mol. The third-order valence-electron chi connectivity index (χ3n) is 3.28. The summed E-state index contributed by atoms with van der Waals surface area (Å²) < 4.78 is 0. The molecule has 0 radical (unpaired) electrons. The maximum Gasteiger partial charge on any atom is 0.321 e. The van der Waals surface area contributed by atoms with Crippen LogP contribution in [0.15, 0.2) is 0 Å². The van der Waals surface area contributed by atoms with Gasteiger partial charge < -0.3 is 10.4 Å². The van der Waals surface area contributed by atoms with E-state index < -0.39 is 11.6 Å². The van der Waals surface area contributed by atoms with Gasteiger partial charge in [-0.2, -0.15) is 0 Å². The highest BCUT2D eigenvalue weighted by Gasteiger charge is 2.40. The molecule has 0 unspecified atom stereocenters. The Bertz CT molecular complexity index is 335. The minimum Gasteiger partial charge on any atom is -0.387 e. The largest absolute Gasteiger partial charge is 0.387 e. The minimum atomic E-state index is -0.634. The molecule has 3 N–H and O–H groups in total. The van der Waals surface area contributed by atoms with Crippen LogP contribution in [0.25, 0.3) is 0 Å². The van der Waals surface area contributed by atoms with Crippen molar-refractivity contribution in [3.8, 4) is 0 Å². The Labute approximate surface area is 107 Å². The van der Waals surface area contributed by atoms with Crippen molar-refractivity contribution in [3.63, 3.8) is 0 Å². The molecule has 1 aliphatic heterocycles. The second-order valence-electron chi connectivity index (χ2n) is 5.42. The number of nitrogens with zero attached hydrogens (tertiary/aromatic N) is 1. The molecule has 6 heteroatoms. The first kappa shape index (κ1) is 13.3. The van der Waals surface area contributed by atoms with E-state index in [1.807, 2.05) is 11.8 Å². The lowest BCUT2D eigenvalue weighted by Crippen LogP contribution is -2.63. The fourth-order valence-electron chi connectivity index (χ4n) is 2.34. The van der Waals surface area contributed by atoms with Crippen molar-refractivity contribution >= 4 is 11.9 Å². The van der Waals surface area contributed by atoms with Gasteiger partial charge in [0.1, 0.15) is 0 Å². The van der Waals surface area contributed by atoms with Crippen LogP contribution in [0.4, 0.5) is 4.79 Å². The third-order valence-corrected chi connectivity index (χ3v) is 3.28. The number of hydrogen-bond donors (Lipinski definition) is 3. The van der Waals surface area contributed by atoms with E-state index in [1.54, 1.807) is 0 Å². The van der Waals surface area contributed by atoms with Crippen LogP contribution in [0.2, 0.25) is 0 Å². The van der Waals surface area contributed by atoms with Crippen LogP contribution in [0.1, 0.15) is 32.6 Å². The lowest BCUT2D eigenvalue weighted by atomic mass is 9.89. The van der Waals surface area contributed by atoms with Crippen LogP contribution in [0.3, 0.4) is 0 Å². The molecule has 0 atom stereocenters. The van der Waals surface area contributed by atoms with Crippen LogP contribution < -0.4 is 10.6 Å². The number of β-amino-alcohol motifs (C(OH)–C–C–N with tert-alkyl or cyclic N) is 1. The Hall–Kier alpha value is -1.14. The summed E-state index contributed by atoms with van der Waals surface area (Å²) in [6, 6.07) is -0.164. The van der Waals surface area contributed by atoms with Gasteiger partial charge in [0.25, 0.3) is 0 Å². The average Bonchev–Trinajstić information content (AvgIpc) is 2.98. The van der Waals surface area contributed by atoms with Crippen molar-refractivity contribution < 1.29 is 14.7 Å². The van der Waals surface area contributed by atoms with Gasteiger partial charge in [-0.3, -0.25) is 15.0 Å². The molecule has 0 bridgehead atoms. The topological polar surface area (TPSA) is 81.7 Å². The Kier molecular flexibility index (Phi) is 3.87. The first-order chi connectivity index (χ1) is 8.50. The summed E-state index contributed by atoms with van der Waals surface area (Å²) in [5.41, 5.74) is -0.634. The first-order valence-electron chi connectivity index (χ1n) is 6.56. The normalized spacial score (nSPS) is 22.1. The lowest BCUT2D eigenvalue weighted by Gasteiger charge is -2.46. The summed E-state index contributed by atoms with van der Waals surface area (Å²) in [6.45, 7) is 3.22. The molecule has 1 saturated heterocycles. The van der Waals surface area contributed by atoms with Gasteiger partial charge >= 0.3 is 6.03 Å². The fraction of sp³-hybridized carbons (Fsp3) is 0.833. The molecule has 3 amide bonds. The number of nitrogens with one attached hydrogen (secondary N) is 2. The SMILES string of the molecule is CCCC1(O)CN(CC(=O)NC(=O)NC2CC2)C1. The Morgan fingerprint density at radius 1 is 1.39 bits per heavy atom. The van der Waals surface area contributed by atoms with E-state index >= 15 is 0 Å². The number of hydrogen-bond acceptors (Lipinski definition) is 4. The zero-order valence-electron chi connectivity index (χ0n) is 10.7. The molecule has 2 rings (SSSR count). The third kappa shape index (κ3) is 3.68. The molecule has 0 aromatic carbocycles. The molecule has 0 spiro atoms. The molecule has 1 heterocycles. The number of imide groups is 1. The highest BCUT2D eigenvalue weighted by molar-refractivity contribution is 5.95. The lowest BCUT2D eigenvalue weighted by molar-refractivity contribution is -0.132. The average molecular weight is 255 g/mol. The second kappa shape index (κ2) is 5.24. The van der Waals surface area contributed by atoms with Crippen LogP contribution in [0, 0.1) is 0 Å². The van der Waals surface area contributed by atoms with Gasteiger partial charge in [0.05, 0.1) is 12.1 Å². The van der Waals surface area contributed by atoms with Gasteiger partial charge in [-0.1, -0.05) is 13.3 Å². The number of likely N-dealkylation sites (tertiary alicyclic amines) is 1. The Morgan fingerprint density at radius 3 is 2.61 bits per heavy atom. The highest BCUT2D eigenvalue weighted by atomic mass is 16.3. The standard InChI is InChI=1S/C12H21N3O3/c1-2-5-12(18)7-15(8-12)6-10(16)14-11(17)13-9-3-4-9/h9,18H,2-8H2,1H3,(H2,13,14,16,17). The number of rotatable bonds is 5.